The molecule has 186 valence electrons. The third-order valence-corrected chi connectivity index (χ3v) is 6.51. The zero-order valence-electron chi connectivity index (χ0n) is 20.6. The number of dihydropyridines is 1. The Morgan fingerprint density at radius 2 is 1.92 bits per heavy atom. The molecule has 8 heteroatoms. The van der Waals surface area contributed by atoms with Gasteiger partial charge in [0.15, 0.2) is 0 Å². The third-order valence-electron chi connectivity index (χ3n) is 5.49. The number of carbonyl (C=O) groups is 2. The lowest BCUT2D eigenvalue weighted by atomic mass is 9.82. The minimum absolute atomic E-state index is 0.0535. The molecular weight excluding hydrogens is 474 g/mol. The van der Waals surface area contributed by atoms with Crippen LogP contribution >= 0.6 is 11.8 Å². The van der Waals surface area contributed by atoms with Crippen LogP contribution in [0.4, 0.5) is 5.69 Å². The van der Waals surface area contributed by atoms with Crippen LogP contribution in [-0.2, 0) is 14.3 Å². The van der Waals surface area contributed by atoms with E-state index in [-0.39, 0.29) is 18.3 Å². The average molecular weight is 504 g/mol. The van der Waals surface area contributed by atoms with E-state index in [1.54, 1.807) is 19.1 Å². The van der Waals surface area contributed by atoms with Crippen molar-refractivity contribution in [3.05, 3.63) is 94.2 Å². The SMILES string of the molecule is C=CCOC(=O)C1=C(C)NC(SCC(=O)Nc2ccccc2C)=C(C#N)[C@@H]1c1ccc(OCC)cc1. The highest BCUT2D eigenvalue weighted by Crippen LogP contribution is 2.41. The minimum Gasteiger partial charge on any atom is -0.494 e. The van der Waals surface area contributed by atoms with E-state index in [2.05, 4.69) is 23.3 Å². The maximum atomic E-state index is 13.0. The lowest BCUT2D eigenvalue weighted by molar-refractivity contribution is -0.138. The first kappa shape index (κ1) is 26.6. The number of para-hydroxylation sites is 1. The van der Waals surface area contributed by atoms with E-state index in [1.165, 1.54) is 17.8 Å². The summed E-state index contributed by atoms with van der Waals surface area (Å²) in [7, 11) is 0. The van der Waals surface area contributed by atoms with Crippen molar-refractivity contribution >= 4 is 29.3 Å². The van der Waals surface area contributed by atoms with E-state index < -0.39 is 11.9 Å². The van der Waals surface area contributed by atoms with Crippen molar-refractivity contribution in [2.45, 2.75) is 26.7 Å². The number of allylic oxidation sites excluding steroid dienone is 2. The Bertz CT molecular complexity index is 1240. The summed E-state index contributed by atoms with van der Waals surface area (Å²) in [4.78, 5) is 25.6. The quantitative estimate of drug-likeness (QED) is 0.340. The summed E-state index contributed by atoms with van der Waals surface area (Å²) in [6.07, 6.45) is 1.49. The summed E-state index contributed by atoms with van der Waals surface area (Å²) in [6, 6.07) is 17.1. The van der Waals surface area contributed by atoms with E-state index in [0.717, 1.165) is 16.8 Å². The van der Waals surface area contributed by atoms with Crippen LogP contribution < -0.4 is 15.4 Å². The summed E-state index contributed by atoms with van der Waals surface area (Å²) in [5.74, 6) is -0.617. The molecule has 0 saturated carbocycles. The van der Waals surface area contributed by atoms with Gasteiger partial charge in [0.25, 0.3) is 0 Å². The number of carbonyl (C=O) groups excluding carboxylic acids is 2. The van der Waals surface area contributed by atoms with Gasteiger partial charge in [-0.3, -0.25) is 4.79 Å². The van der Waals surface area contributed by atoms with Gasteiger partial charge in [-0.2, -0.15) is 5.26 Å². The van der Waals surface area contributed by atoms with E-state index in [0.29, 0.717) is 34.2 Å². The van der Waals surface area contributed by atoms with E-state index >= 15 is 0 Å². The molecule has 7 nitrogen and oxygen atoms in total. The number of thioether (sulfide) groups is 1. The number of esters is 1. The first-order valence-electron chi connectivity index (χ1n) is 11.5. The molecule has 0 spiro atoms. The predicted molar refractivity (Wildman–Crippen MR) is 142 cm³/mol. The van der Waals surface area contributed by atoms with E-state index in [4.69, 9.17) is 9.47 Å². The average Bonchev–Trinajstić information content (AvgIpc) is 2.87. The lowest BCUT2D eigenvalue weighted by Gasteiger charge is -2.29. The fraction of sp³-hybridized carbons (Fsp3) is 0.250. The summed E-state index contributed by atoms with van der Waals surface area (Å²) in [6.45, 7) is 9.75. The van der Waals surface area contributed by atoms with Gasteiger partial charge in [-0.1, -0.05) is 54.7 Å². The summed E-state index contributed by atoms with van der Waals surface area (Å²) in [5, 5.41) is 16.7. The number of rotatable bonds is 10. The molecule has 0 radical (unpaired) electrons. The Balaban J connectivity index is 1.91. The van der Waals surface area contributed by atoms with Gasteiger partial charge in [-0.05, 0) is 50.1 Å². The van der Waals surface area contributed by atoms with Gasteiger partial charge < -0.3 is 20.1 Å². The molecule has 1 aliphatic rings. The molecule has 1 aliphatic heterocycles. The second-order valence-corrected chi connectivity index (χ2v) is 8.98. The highest BCUT2D eigenvalue weighted by molar-refractivity contribution is 8.03. The molecule has 0 aromatic heterocycles. The Morgan fingerprint density at radius 1 is 1.19 bits per heavy atom. The smallest absolute Gasteiger partial charge is 0.337 e. The number of anilines is 1. The standard InChI is InChI=1S/C28H29N3O4S/c1-5-15-35-28(33)25-19(4)30-27(36-17-24(32)31-23-10-8-7-9-18(23)3)22(16-29)26(25)20-11-13-21(14-12-20)34-6-2/h5,7-14,26,30H,1,6,15,17H2,2-4H3,(H,31,32)/t26-/m0/s1. The summed E-state index contributed by atoms with van der Waals surface area (Å²) < 4.78 is 10.9. The van der Waals surface area contributed by atoms with Crippen LogP contribution in [0.15, 0.2) is 83.1 Å². The van der Waals surface area contributed by atoms with Crippen LogP contribution in [0.3, 0.4) is 0 Å². The van der Waals surface area contributed by atoms with Gasteiger partial charge in [0.1, 0.15) is 12.4 Å². The molecule has 1 atom stereocenters. The molecular formula is C28H29N3O4S. The van der Waals surface area contributed by atoms with Crippen molar-refractivity contribution in [2.24, 2.45) is 0 Å². The van der Waals surface area contributed by atoms with Crippen LogP contribution in [0, 0.1) is 18.3 Å². The Morgan fingerprint density at radius 3 is 2.56 bits per heavy atom. The van der Waals surface area contributed by atoms with Gasteiger partial charge in [0.2, 0.25) is 5.91 Å². The van der Waals surface area contributed by atoms with Crippen molar-refractivity contribution in [1.82, 2.24) is 5.32 Å². The van der Waals surface area contributed by atoms with Crippen molar-refractivity contribution < 1.29 is 19.1 Å². The second-order valence-electron chi connectivity index (χ2n) is 7.99. The van der Waals surface area contributed by atoms with Gasteiger partial charge >= 0.3 is 5.97 Å². The van der Waals surface area contributed by atoms with E-state index in [1.807, 2.05) is 50.2 Å². The fourth-order valence-corrected chi connectivity index (χ4v) is 4.69. The summed E-state index contributed by atoms with van der Waals surface area (Å²) in [5.41, 5.74) is 3.67. The number of ether oxygens (including phenoxy) is 2. The maximum Gasteiger partial charge on any atom is 0.337 e. The topological polar surface area (TPSA) is 100 Å². The number of hydrogen-bond acceptors (Lipinski definition) is 7. The van der Waals surface area contributed by atoms with Gasteiger partial charge in [0.05, 0.1) is 40.5 Å². The van der Waals surface area contributed by atoms with Gasteiger partial charge in [0, 0.05) is 11.4 Å². The number of nitrogens with zero attached hydrogens (tertiary/aromatic N) is 1. The van der Waals surface area contributed by atoms with Crippen LogP contribution in [0.1, 0.15) is 30.9 Å². The lowest BCUT2D eigenvalue weighted by Crippen LogP contribution is -2.29. The molecule has 2 aromatic rings. The largest absolute Gasteiger partial charge is 0.494 e. The summed E-state index contributed by atoms with van der Waals surface area (Å²) >= 11 is 1.22. The minimum atomic E-state index is -0.661. The Kier molecular flexibility index (Phi) is 9.37. The molecule has 2 aromatic carbocycles. The third kappa shape index (κ3) is 6.37. The molecule has 0 bridgehead atoms. The molecule has 2 N–H and O–H groups in total. The zero-order valence-corrected chi connectivity index (χ0v) is 21.4. The highest BCUT2D eigenvalue weighted by atomic mass is 32.2. The fourth-order valence-electron chi connectivity index (χ4n) is 3.80. The monoisotopic (exact) mass is 503 g/mol. The Hall–Kier alpha value is -3.96. The Labute approximate surface area is 215 Å². The first-order valence-corrected chi connectivity index (χ1v) is 12.5. The number of benzene rings is 2. The molecule has 0 fully saturated rings. The molecule has 1 amide bonds. The molecule has 0 unspecified atom stereocenters. The number of amides is 1. The molecule has 0 aliphatic carbocycles. The molecule has 3 rings (SSSR count). The van der Waals surface area contributed by atoms with Crippen LogP contribution in [0.2, 0.25) is 0 Å². The number of hydrogen-bond donors (Lipinski definition) is 2. The van der Waals surface area contributed by atoms with Crippen LogP contribution in [0.25, 0.3) is 0 Å². The van der Waals surface area contributed by atoms with Crippen molar-refractivity contribution in [1.29, 1.82) is 5.26 Å². The molecule has 1 heterocycles. The van der Waals surface area contributed by atoms with Gasteiger partial charge in [-0.25, -0.2) is 4.79 Å². The van der Waals surface area contributed by atoms with Crippen molar-refractivity contribution in [2.75, 3.05) is 24.3 Å². The molecule has 0 saturated heterocycles. The highest BCUT2D eigenvalue weighted by Gasteiger charge is 2.35. The number of nitriles is 1. The molecule has 36 heavy (non-hydrogen) atoms. The number of aryl methyl sites for hydroxylation is 1. The van der Waals surface area contributed by atoms with Crippen LogP contribution in [-0.4, -0.2) is 30.8 Å². The van der Waals surface area contributed by atoms with Crippen molar-refractivity contribution in [3.63, 3.8) is 0 Å². The first-order chi connectivity index (χ1) is 17.4. The maximum absolute atomic E-state index is 13.0. The normalized spacial score (nSPS) is 15.0. The van der Waals surface area contributed by atoms with Crippen molar-refractivity contribution in [3.8, 4) is 11.8 Å². The zero-order chi connectivity index (χ0) is 26.1. The van der Waals surface area contributed by atoms with Gasteiger partial charge in [-0.15, -0.1) is 0 Å². The second kappa shape index (κ2) is 12.7. The van der Waals surface area contributed by atoms with E-state index in [9.17, 15) is 14.9 Å². The van der Waals surface area contributed by atoms with Crippen LogP contribution in [0.5, 0.6) is 5.75 Å². The predicted octanol–water partition coefficient (Wildman–Crippen LogP) is 5.19. The number of nitrogens with one attached hydrogen (secondary N) is 2.